The summed E-state index contributed by atoms with van der Waals surface area (Å²) in [6.07, 6.45) is -5.40. The van der Waals surface area contributed by atoms with Crippen LogP contribution in [0.15, 0.2) is 24.3 Å². The van der Waals surface area contributed by atoms with Gasteiger partial charge in [-0.25, -0.2) is 0 Å². The van der Waals surface area contributed by atoms with Crippen LogP contribution in [0.25, 0.3) is 0 Å². The van der Waals surface area contributed by atoms with Crippen molar-refractivity contribution in [2.24, 2.45) is 11.5 Å². The molecule has 0 aliphatic carbocycles. The van der Waals surface area contributed by atoms with Crippen LogP contribution in [0.2, 0.25) is 0 Å². The first-order chi connectivity index (χ1) is 7.29. The zero-order chi connectivity index (χ0) is 12.3. The third-order valence-electron chi connectivity index (χ3n) is 2.07. The van der Waals surface area contributed by atoms with Gasteiger partial charge in [-0.2, -0.15) is 13.2 Å². The monoisotopic (exact) mass is 232 g/mol. The third-order valence-corrected chi connectivity index (χ3v) is 2.07. The highest BCUT2D eigenvalue weighted by molar-refractivity contribution is 5.92. The highest BCUT2D eigenvalue weighted by atomic mass is 19.4. The fourth-order valence-corrected chi connectivity index (χ4v) is 1.26. The van der Waals surface area contributed by atoms with E-state index in [0.717, 1.165) is 0 Å². The van der Waals surface area contributed by atoms with Gasteiger partial charge in [0, 0.05) is 11.6 Å². The fourth-order valence-electron chi connectivity index (χ4n) is 1.26. The summed E-state index contributed by atoms with van der Waals surface area (Å²) in [4.78, 5) is 10.7. The van der Waals surface area contributed by atoms with Gasteiger partial charge in [-0.3, -0.25) is 4.79 Å². The molecule has 0 fully saturated rings. The van der Waals surface area contributed by atoms with Gasteiger partial charge in [0.25, 0.3) is 0 Å². The van der Waals surface area contributed by atoms with Crippen molar-refractivity contribution in [2.75, 3.05) is 0 Å². The second-order valence-corrected chi connectivity index (χ2v) is 3.41. The van der Waals surface area contributed by atoms with Crippen LogP contribution in [-0.2, 0) is 0 Å². The molecule has 88 valence electrons. The lowest BCUT2D eigenvalue weighted by molar-refractivity contribution is -0.138. The second kappa shape index (κ2) is 4.52. The molecule has 0 saturated heterocycles. The number of primary amides is 1. The molecule has 16 heavy (non-hydrogen) atoms. The van der Waals surface area contributed by atoms with Gasteiger partial charge in [-0.05, 0) is 17.7 Å². The quantitative estimate of drug-likeness (QED) is 0.833. The van der Waals surface area contributed by atoms with Gasteiger partial charge in [0.1, 0.15) is 0 Å². The maximum absolute atomic E-state index is 12.0. The number of hydrogen-bond acceptors (Lipinski definition) is 2. The van der Waals surface area contributed by atoms with Gasteiger partial charge in [-0.1, -0.05) is 12.1 Å². The summed E-state index contributed by atoms with van der Waals surface area (Å²) >= 11 is 0. The molecule has 4 N–H and O–H groups in total. The van der Waals surface area contributed by atoms with E-state index in [0.29, 0.717) is 5.56 Å². The fraction of sp³-hybridized carbons (Fsp3) is 0.300. The Bertz CT molecular complexity index is 373. The zero-order valence-corrected chi connectivity index (χ0v) is 8.29. The molecule has 0 radical (unpaired) electrons. The van der Waals surface area contributed by atoms with E-state index in [1.54, 1.807) is 0 Å². The molecule has 1 atom stereocenters. The van der Waals surface area contributed by atoms with Crippen molar-refractivity contribution in [1.29, 1.82) is 0 Å². The van der Waals surface area contributed by atoms with Crippen LogP contribution in [0.5, 0.6) is 0 Å². The Balaban J connectivity index is 2.78. The average molecular weight is 232 g/mol. The minimum atomic E-state index is -4.30. The van der Waals surface area contributed by atoms with Crippen LogP contribution in [0.4, 0.5) is 13.2 Å². The molecular weight excluding hydrogens is 221 g/mol. The topological polar surface area (TPSA) is 69.1 Å². The van der Waals surface area contributed by atoms with E-state index in [2.05, 4.69) is 0 Å². The predicted octanol–water partition coefficient (Wildman–Crippen LogP) is 1.74. The van der Waals surface area contributed by atoms with E-state index in [1.807, 2.05) is 0 Å². The van der Waals surface area contributed by atoms with Crippen molar-refractivity contribution in [3.8, 4) is 0 Å². The Hall–Kier alpha value is -1.56. The van der Waals surface area contributed by atoms with Crippen LogP contribution in [-0.4, -0.2) is 12.1 Å². The van der Waals surface area contributed by atoms with E-state index in [-0.39, 0.29) is 5.56 Å². The van der Waals surface area contributed by atoms with Crippen LogP contribution >= 0.6 is 0 Å². The summed E-state index contributed by atoms with van der Waals surface area (Å²) in [7, 11) is 0. The molecule has 1 unspecified atom stereocenters. The molecule has 1 aromatic carbocycles. The van der Waals surface area contributed by atoms with Crippen molar-refractivity contribution in [3.05, 3.63) is 35.4 Å². The molecule has 1 aromatic rings. The number of nitrogens with two attached hydrogens (primary N) is 2. The number of rotatable bonds is 3. The number of halogens is 3. The average Bonchev–Trinajstić information content (AvgIpc) is 2.15. The van der Waals surface area contributed by atoms with Crippen LogP contribution in [0.1, 0.15) is 28.4 Å². The van der Waals surface area contributed by atoms with Crippen molar-refractivity contribution in [3.63, 3.8) is 0 Å². The Morgan fingerprint density at radius 3 is 2.12 bits per heavy atom. The molecule has 1 amide bonds. The highest BCUT2D eigenvalue weighted by Gasteiger charge is 2.30. The van der Waals surface area contributed by atoms with Gasteiger partial charge < -0.3 is 11.5 Å². The summed E-state index contributed by atoms with van der Waals surface area (Å²) in [6, 6.07) is 4.33. The molecule has 0 saturated carbocycles. The Kier molecular flexibility index (Phi) is 3.54. The van der Waals surface area contributed by atoms with Crippen LogP contribution in [0.3, 0.4) is 0 Å². The number of benzene rings is 1. The Labute approximate surface area is 90.2 Å². The molecule has 6 heteroatoms. The minimum absolute atomic E-state index is 0.239. The number of alkyl halides is 3. The lowest BCUT2D eigenvalue weighted by atomic mass is 10.0. The van der Waals surface area contributed by atoms with E-state index in [9.17, 15) is 18.0 Å². The molecular formula is C10H11F3N2O. The second-order valence-electron chi connectivity index (χ2n) is 3.41. The lowest BCUT2D eigenvalue weighted by Gasteiger charge is -2.14. The van der Waals surface area contributed by atoms with Crippen molar-refractivity contribution < 1.29 is 18.0 Å². The molecule has 0 aliphatic heterocycles. The first-order valence-corrected chi connectivity index (χ1v) is 4.51. The predicted molar refractivity (Wildman–Crippen MR) is 52.6 cm³/mol. The van der Waals surface area contributed by atoms with E-state index < -0.39 is 24.5 Å². The standard InChI is InChI=1S/C10H11F3N2O/c11-10(12,13)5-8(14)6-1-3-7(4-2-6)9(15)16/h1-4,8H,5,14H2,(H2,15,16). The Morgan fingerprint density at radius 1 is 1.25 bits per heavy atom. The van der Waals surface area contributed by atoms with E-state index in [1.165, 1.54) is 24.3 Å². The molecule has 0 bridgehead atoms. The third kappa shape index (κ3) is 3.54. The SMILES string of the molecule is NC(=O)c1ccc(C(N)CC(F)(F)F)cc1. The molecule has 0 aliphatic rings. The maximum atomic E-state index is 12.0. The number of amides is 1. The van der Waals surface area contributed by atoms with Crippen molar-refractivity contribution in [2.45, 2.75) is 18.6 Å². The summed E-state index contributed by atoms with van der Waals surface area (Å²) < 4.78 is 36.1. The molecule has 3 nitrogen and oxygen atoms in total. The van der Waals surface area contributed by atoms with Crippen molar-refractivity contribution in [1.82, 2.24) is 0 Å². The normalized spacial score (nSPS) is 13.5. The summed E-state index contributed by atoms with van der Waals surface area (Å²) in [5, 5.41) is 0. The largest absolute Gasteiger partial charge is 0.390 e. The summed E-state index contributed by atoms with van der Waals surface area (Å²) in [5.74, 6) is -0.629. The van der Waals surface area contributed by atoms with E-state index in [4.69, 9.17) is 11.5 Å². The minimum Gasteiger partial charge on any atom is -0.366 e. The van der Waals surface area contributed by atoms with Gasteiger partial charge in [0.2, 0.25) is 5.91 Å². The molecule has 0 heterocycles. The highest BCUT2D eigenvalue weighted by Crippen LogP contribution is 2.27. The Morgan fingerprint density at radius 2 is 1.75 bits per heavy atom. The smallest absolute Gasteiger partial charge is 0.366 e. The van der Waals surface area contributed by atoms with Gasteiger partial charge in [0.05, 0.1) is 6.42 Å². The first-order valence-electron chi connectivity index (χ1n) is 4.51. The number of carbonyl (C=O) groups is 1. The van der Waals surface area contributed by atoms with Gasteiger partial charge >= 0.3 is 6.18 Å². The lowest BCUT2D eigenvalue weighted by Crippen LogP contribution is -2.20. The summed E-state index contributed by atoms with van der Waals surface area (Å²) in [6.45, 7) is 0. The zero-order valence-electron chi connectivity index (χ0n) is 8.29. The molecule has 1 rings (SSSR count). The van der Waals surface area contributed by atoms with Crippen molar-refractivity contribution >= 4 is 5.91 Å². The summed E-state index contributed by atoms with van der Waals surface area (Å²) in [5.41, 5.74) is 10.9. The number of hydrogen-bond donors (Lipinski definition) is 2. The van der Waals surface area contributed by atoms with Gasteiger partial charge in [-0.15, -0.1) is 0 Å². The van der Waals surface area contributed by atoms with Gasteiger partial charge in [0.15, 0.2) is 0 Å². The molecule has 0 aromatic heterocycles. The number of carbonyl (C=O) groups excluding carboxylic acids is 1. The van der Waals surface area contributed by atoms with E-state index >= 15 is 0 Å². The van der Waals surface area contributed by atoms with Crippen LogP contribution < -0.4 is 11.5 Å². The first kappa shape index (κ1) is 12.5. The molecule has 0 spiro atoms. The maximum Gasteiger partial charge on any atom is 0.390 e. The van der Waals surface area contributed by atoms with Crippen LogP contribution in [0, 0.1) is 0 Å².